The molecule has 3 aromatic rings. The van der Waals surface area contributed by atoms with E-state index in [1.165, 1.54) is 5.57 Å². The summed E-state index contributed by atoms with van der Waals surface area (Å²) in [5.41, 5.74) is 4.90. The first-order valence-electron chi connectivity index (χ1n) is 25.9. The molecule has 4 heterocycles. The van der Waals surface area contributed by atoms with Crippen molar-refractivity contribution in [1.82, 2.24) is 15.7 Å². The number of nitrogens with zero attached hydrogens (tertiary/aromatic N) is 1. The number of fused-ring (bicyclic) bond motifs is 7. The standard InChI is InChI=1S/C57H69N3O11/c1-53(2,3)68-45(62)21-19-40(32-61)59-50(63)36-17-11-12-33(24-36)30-58-52(65)57-29-43-46-47(70-56(69-46)26-37-14-8-9-15-38(37)27-56)49(57)71-60(48(57)51(64)66-43)31-39-16-10-7-13-34(39)25-35-18-20-44-55(6,67-44)23-22-42-41(35)28-54(42,4)5/h7-17,24-25,40-44,46-49,61H,18-23,26-32H2,1-6H3,(H,58,65)(H,59,63)/t40-,41+,42+,43+,44?,46-,47-,48-,49+,55+,57-/m0/s1. The normalized spacial score (nSPS) is 33.7. The number of hydrogen-bond acceptors (Lipinski definition) is 12. The summed E-state index contributed by atoms with van der Waals surface area (Å²) in [7, 11) is 0. The molecular formula is C57H69N3O11. The van der Waals surface area contributed by atoms with E-state index < -0.39 is 71.1 Å². The van der Waals surface area contributed by atoms with E-state index in [4.69, 9.17) is 28.5 Å². The van der Waals surface area contributed by atoms with Crippen LogP contribution in [0, 0.1) is 22.7 Å². The number of aliphatic hydroxyl groups is 1. The summed E-state index contributed by atoms with van der Waals surface area (Å²) < 4.78 is 31.9. The molecule has 3 saturated carbocycles. The van der Waals surface area contributed by atoms with E-state index in [2.05, 4.69) is 67.8 Å². The molecular weight excluding hydrogens is 903 g/mol. The smallest absolute Gasteiger partial charge is 0.327 e. The van der Waals surface area contributed by atoms with Gasteiger partial charge in [-0.05, 0) is 123 Å². The zero-order chi connectivity index (χ0) is 49.7. The number of carbonyl (C=O) groups is 4. The van der Waals surface area contributed by atoms with Gasteiger partial charge in [-0.2, -0.15) is 5.06 Å². The van der Waals surface area contributed by atoms with E-state index in [1.807, 2.05) is 24.3 Å². The Hall–Kier alpha value is -4.96. The molecule has 4 aliphatic carbocycles. The Morgan fingerprint density at radius 3 is 2.42 bits per heavy atom. The Balaban J connectivity index is 0.861. The molecule has 11 atom stereocenters. The first kappa shape index (κ1) is 48.3. The Labute approximate surface area is 416 Å². The lowest BCUT2D eigenvalue weighted by Crippen LogP contribution is -2.69. The second kappa shape index (κ2) is 17.9. The van der Waals surface area contributed by atoms with Gasteiger partial charge in [0.25, 0.3) is 5.91 Å². The number of benzene rings is 3. The molecule has 378 valence electrons. The number of nitrogens with one attached hydrogen (secondary N) is 2. The summed E-state index contributed by atoms with van der Waals surface area (Å²) in [5.74, 6) is -1.69. The summed E-state index contributed by atoms with van der Waals surface area (Å²) >= 11 is 0. The lowest BCUT2D eigenvalue weighted by Gasteiger charge is -2.53. The Bertz CT molecular complexity index is 2620. The van der Waals surface area contributed by atoms with Crippen LogP contribution >= 0.6 is 0 Å². The summed E-state index contributed by atoms with van der Waals surface area (Å²) in [6.45, 7) is 12.3. The highest BCUT2D eigenvalue weighted by Crippen LogP contribution is 2.61. The van der Waals surface area contributed by atoms with Crippen molar-refractivity contribution in [3.8, 4) is 0 Å². The van der Waals surface area contributed by atoms with Crippen molar-refractivity contribution in [2.45, 2.75) is 178 Å². The number of hydrogen-bond donors (Lipinski definition) is 3. The molecule has 11 rings (SSSR count). The average molecular weight is 972 g/mol. The van der Waals surface area contributed by atoms with Gasteiger partial charge in [-0.1, -0.05) is 86.2 Å². The maximum atomic E-state index is 15.3. The molecule has 3 N–H and O–H groups in total. The van der Waals surface area contributed by atoms with Gasteiger partial charge in [-0.15, -0.1) is 0 Å². The topological polar surface area (TPSA) is 174 Å². The molecule has 8 aliphatic rings. The van der Waals surface area contributed by atoms with Gasteiger partial charge in [0.05, 0.1) is 30.9 Å². The zero-order valence-electron chi connectivity index (χ0n) is 41.9. The van der Waals surface area contributed by atoms with Crippen molar-refractivity contribution in [2.24, 2.45) is 22.7 Å². The molecule has 2 amide bonds. The summed E-state index contributed by atoms with van der Waals surface area (Å²) in [6, 6.07) is 21.6. The van der Waals surface area contributed by atoms with Crippen molar-refractivity contribution < 1.29 is 52.8 Å². The van der Waals surface area contributed by atoms with E-state index in [9.17, 15) is 19.5 Å². The number of rotatable bonds is 12. The van der Waals surface area contributed by atoms with Crippen LogP contribution in [0.1, 0.15) is 131 Å². The zero-order valence-corrected chi connectivity index (χ0v) is 41.9. The number of hydroxylamine groups is 2. The van der Waals surface area contributed by atoms with Gasteiger partial charge in [0.2, 0.25) is 5.91 Å². The summed E-state index contributed by atoms with van der Waals surface area (Å²) in [4.78, 5) is 62.9. The van der Waals surface area contributed by atoms with Crippen molar-refractivity contribution in [1.29, 1.82) is 0 Å². The van der Waals surface area contributed by atoms with Crippen molar-refractivity contribution in [2.75, 3.05) is 6.61 Å². The maximum Gasteiger partial charge on any atom is 0.327 e. The van der Waals surface area contributed by atoms with Crippen LogP contribution in [0.15, 0.2) is 78.4 Å². The SMILES string of the molecule is CC(C)(C)OC(=O)CC[C@@H](CO)NC(=O)c1cccc(CNC(=O)[C@@]23C[C@H]4OC(=O)[C@@H]2N(Cc2ccccc2C=C2CCC5O[C@]5(C)CC[C@@H]5[C@@H]2CC5(C)C)O[C@@H]3[C@H]2OC3(Cc5ccccc5C3)O[C@H]24)c1. The number of epoxide rings is 1. The Morgan fingerprint density at radius 2 is 1.68 bits per heavy atom. The minimum atomic E-state index is -1.41. The fraction of sp³-hybridized carbons (Fsp3) is 0.579. The van der Waals surface area contributed by atoms with Gasteiger partial charge in [-0.3, -0.25) is 24.0 Å². The van der Waals surface area contributed by atoms with E-state index in [1.54, 1.807) is 44.0 Å². The van der Waals surface area contributed by atoms with Crippen LogP contribution in [0.2, 0.25) is 0 Å². The van der Waals surface area contributed by atoms with Crippen LogP contribution in [0.5, 0.6) is 0 Å². The van der Waals surface area contributed by atoms with Gasteiger partial charge < -0.3 is 39.4 Å². The van der Waals surface area contributed by atoms with Crippen LogP contribution in [0.4, 0.5) is 0 Å². The van der Waals surface area contributed by atoms with Gasteiger partial charge in [0, 0.05) is 37.8 Å². The third-order valence-corrected chi connectivity index (χ3v) is 17.1. The van der Waals surface area contributed by atoms with Crippen molar-refractivity contribution in [3.05, 3.63) is 112 Å². The highest BCUT2D eigenvalue weighted by Gasteiger charge is 2.76. The first-order valence-corrected chi connectivity index (χ1v) is 25.9. The number of aliphatic hydroxyl groups excluding tert-OH is 1. The molecule has 4 saturated heterocycles. The fourth-order valence-corrected chi connectivity index (χ4v) is 13.5. The predicted octanol–water partition coefficient (Wildman–Crippen LogP) is 7.07. The quantitative estimate of drug-likeness (QED) is 0.125. The first-order chi connectivity index (χ1) is 33.9. The van der Waals surface area contributed by atoms with Crippen LogP contribution in [0.3, 0.4) is 0 Å². The molecule has 7 fully saturated rings. The molecule has 14 nitrogen and oxygen atoms in total. The van der Waals surface area contributed by atoms with Gasteiger partial charge in [0.15, 0.2) is 11.8 Å². The molecule has 14 heteroatoms. The van der Waals surface area contributed by atoms with E-state index in [0.717, 1.165) is 54.4 Å². The lowest BCUT2D eigenvalue weighted by molar-refractivity contribution is -0.217. The third kappa shape index (κ3) is 8.94. The summed E-state index contributed by atoms with van der Waals surface area (Å²) in [5, 5.41) is 17.7. The molecule has 0 radical (unpaired) electrons. The number of allylic oxidation sites excluding steroid dienone is 1. The van der Waals surface area contributed by atoms with Gasteiger partial charge >= 0.3 is 11.9 Å². The largest absolute Gasteiger partial charge is 0.460 e. The number of carbonyl (C=O) groups excluding carboxylic acids is 4. The molecule has 0 aromatic heterocycles. The molecule has 2 bridgehead atoms. The van der Waals surface area contributed by atoms with Gasteiger partial charge in [-0.25, -0.2) is 0 Å². The monoisotopic (exact) mass is 971 g/mol. The minimum Gasteiger partial charge on any atom is -0.460 e. The highest BCUT2D eigenvalue weighted by atomic mass is 16.8. The minimum absolute atomic E-state index is 0.0182. The van der Waals surface area contributed by atoms with Crippen LogP contribution in [-0.4, -0.2) is 100 Å². The Morgan fingerprint density at radius 1 is 0.930 bits per heavy atom. The van der Waals surface area contributed by atoms with Crippen LogP contribution in [0.25, 0.3) is 6.08 Å². The maximum absolute atomic E-state index is 15.3. The van der Waals surface area contributed by atoms with Gasteiger partial charge in [0.1, 0.15) is 35.4 Å². The van der Waals surface area contributed by atoms with E-state index >= 15 is 4.79 Å². The van der Waals surface area contributed by atoms with Crippen LogP contribution < -0.4 is 10.6 Å². The van der Waals surface area contributed by atoms with E-state index in [-0.39, 0.29) is 62.0 Å². The molecule has 1 spiro atoms. The molecule has 1 unspecified atom stereocenters. The molecule has 71 heavy (non-hydrogen) atoms. The fourth-order valence-electron chi connectivity index (χ4n) is 13.5. The van der Waals surface area contributed by atoms with Crippen molar-refractivity contribution >= 4 is 29.8 Å². The van der Waals surface area contributed by atoms with Crippen LogP contribution in [-0.2, 0) is 68.8 Å². The second-order valence-electron chi connectivity index (χ2n) is 23.6. The predicted molar refractivity (Wildman–Crippen MR) is 261 cm³/mol. The molecule has 4 aliphatic heterocycles. The number of amides is 2. The second-order valence-corrected chi connectivity index (χ2v) is 23.6. The average Bonchev–Trinajstić information content (AvgIpc) is 3.59. The Kier molecular flexibility index (Phi) is 12.2. The molecule has 3 aromatic carbocycles. The third-order valence-electron chi connectivity index (χ3n) is 17.1. The summed E-state index contributed by atoms with van der Waals surface area (Å²) in [6.07, 6.45) is 6.44. The number of esters is 2. The lowest BCUT2D eigenvalue weighted by atomic mass is 9.52. The highest BCUT2D eigenvalue weighted by molar-refractivity contribution is 5.95. The van der Waals surface area contributed by atoms with E-state index in [0.29, 0.717) is 35.8 Å². The number of ether oxygens (including phenoxy) is 5. The van der Waals surface area contributed by atoms with Crippen molar-refractivity contribution in [3.63, 3.8) is 0 Å².